The molecule has 1 fully saturated rings. The molecule has 2 heterocycles. The van der Waals surface area contributed by atoms with Gasteiger partial charge in [-0.25, -0.2) is 0 Å². The van der Waals surface area contributed by atoms with E-state index in [4.69, 9.17) is 0 Å². The fourth-order valence-electron chi connectivity index (χ4n) is 3.80. The van der Waals surface area contributed by atoms with Gasteiger partial charge in [-0.1, -0.05) is 30.3 Å². The molecule has 0 radical (unpaired) electrons. The number of nitrogens with one attached hydrogen (secondary N) is 1. The summed E-state index contributed by atoms with van der Waals surface area (Å²) in [4.78, 5) is 19.0. The molecule has 1 saturated heterocycles. The van der Waals surface area contributed by atoms with Crippen LogP contribution in [-0.4, -0.2) is 35.9 Å². The zero-order valence-electron chi connectivity index (χ0n) is 15.7. The fourth-order valence-corrected chi connectivity index (χ4v) is 3.80. The number of para-hydroxylation sites is 1. The molecule has 4 heteroatoms. The molecule has 0 saturated carbocycles. The van der Waals surface area contributed by atoms with Crippen LogP contribution in [0.5, 0.6) is 0 Å². The van der Waals surface area contributed by atoms with Crippen LogP contribution in [0.15, 0.2) is 60.8 Å². The summed E-state index contributed by atoms with van der Waals surface area (Å²) in [5.74, 6) is 0.598. The van der Waals surface area contributed by atoms with Gasteiger partial charge in [0, 0.05) is 37.3 Å². The molecule has 4 rings (SSSR count). The number of benzene rings is 2. The Morgan fingerprint density at radius 2 is 2.00 bits per heavy atom. The molecule has 1 N–H and O–H groups in total. The van der Waals surface area contributed by atoms with E-state index >= 15 is 0 Å². The quantitative estimate of drug-likeness (QED) is 0.766. The molecule has 27 heavy (non-hydrogen) atoms. The van der Waals surface area contributed by atoms with Gasteiger partial charge in [0.15, 0.2) is 0 Å². The average Bonchev–Trinajstić information content (AvgIpc) is 2.74. The van der Waals surface area contributed by atoms with Crippen LogP contribution in [0, 0.1) is 0 Å². The van der Waals surface area contributed by atoms with E-state index in [1.165, 1.54) is 18.4 Å². The van der Waals surface area contributed by atoms with Crippen molar-refractivity contribution >= 4 is 16.8 Å². The van der Waals surface area contributed by atoms with Crippen LogP contribution in [0.1, 0.15) is 40.2 Å². The minimum atomic E-state index is 0.0384. The van der Waals surface area contributed by atoms with Crippen LogP contribution in [-0.2, 0) is 6.54 Å². The first-order valence-corrected chi connectivity index (χ1v) is 9.60. The standard InChI is InChI=1S/C23H25N3O/c1-26(16-17-13-20-5-2-3-7-22(20)25-14-17)23(27)19-10-8-18(9-11-19)21-6-4-12-24-15-21/h2-3,5,7-11,13-14,21,24H,4,6,12,15-16H2,1H3/t21-/m0/s1. The van der Waals surface area contributed by atoms with Gasteiger partial charge in [0.1, 0.15) is 0 Å². The number of carbonyl (C=O) groups is 1. The maximum absolute atomic E-state index is 12.8. The molecule has 1 aliphatic heterocycles. The van der Waals surface area contributed by atoms with Gasteiger partial charge >= 0.3 is 0 Å². The molecule has 4 nitrogen and oxygen atoms in total. The van der Waals surface area contributed by atoms with E-state index in [1.54, 1.807) is 4.90 Å². The van der Waals surface area contributed by atoms with Crippen LogP contribution < -0.4 is 5.32 Å². The lowest BCUT2D eigenvalue weighted by Crippen LogP contribution is -2.28. The molecule has 1 aliphatic rings. The minimum Gasteiger partial charge on any atom is -0.337 e. The van der Waals surface area contributed by atoms with E-state index in [-0.39, 0.29) is 5.91 Å². The third kappa shape index (κ3) is 4.01. The summed E-state index contributed by atoms with van der Waals surface area (Å²) in [7, 11) is 1.84. The second-order valence-corrected chi connectivity index (χ2v) is 7.36. The predicted octanol–water partition coefficient (Wildman–Crippen LogP) is 3.97. The Bertz CT molecular complexity index is 930. The number of piperidine rings is 1. The SMILES string of the molecule is CN(Cc1cnc2ccccc2c1)C(=O)c1ccc([C@H]2CCCNC2)cc1. The highest BCUT2D eigenvalue weighted by Crippen LogP contribution is 2.23. The number of fused-ring (bicyclic) bond motifs is 1. The Balaban J connectivity index is 1.44. The minimum absolute atomic E-state index is 0.0384. The first-order valence-electron chi connectivity index (χ1n) is 9.60. The van der Waals surface area contributed by atoms with Crippen molar-refractivity contribution in [1.82, 2.24) is 15.2 Å². The maximum atomic E-state index is 12.8. The molecule has 3 aromatic rings. The third-order valence-electron chi connectivity index (χ3n) is 5.34. The predicted molar refractivity (Wildman–Crippen MR) is 109 cm³/mol. The van der Waals surface area contributed by atoms with Crippen molar-refractivity contribution in [2.45, 2.75) is 25.3 Å². The van der Waals surface area contributed by atoms with Crippen molar-refractivity contribution in [3.05, 3.63) is 77.5 Å². The van der Waals surface area contributed by atoms with Crippen molar-refractivity contribution in [3.8, 4) is 0 Å². The Labute approximate surface area is 160 Å². The number of carbonyl (C=O) groups excluding carboxylic acids is 1. The molecule has 0 bridgehead atoms. The summed E-state index contributed by atoms with van der Waals surface area (Å²) in [6.45, 7) is 2.69. The van der Waals surface area contributed by atoms with Gasteiger partial charge in [0.25, 0.3) is 5.91 Å². The van der Waals surface area contributed by atoms with Crippen molar-refractivity contribution in [1.29, 1.82) is 0 Å². The van der Waals surface area contributed by atoms with E-state index in [1.807, 2.05) is 49.6 Å². The van der Waals surface area contributed by atoms with Gasteiger partial charge in [0.2, 0.25) is 0 Å². The number of hydrogen-bond donors (Lipinski definition) is 1. The molecule has 1 aromatic heterocycles. The summed E-state index contributed by atoms with van der Waals surface area (Å²) < 4.78 is 0. The number of aromatic nitrogens is 1. The number of hydrogen-bond acceptors (Lipinski definition) is 3. The van der Waals surface area contributed by atoms with Crippen molar-refractivity contribution in [3.63, 3.8) is 0 Å². The molecule has 1 amide bonds. The molecule has 0 spiro atoms. The van der Waals surface area contributed by atoms with Crippen molar-refractivity contribution in [2.24, 2.45) is 0 Å². The summed E-state index contributed by atoms with van der Waals surface area (Å²) in [5, 5.41) is 4.55. The molecule has 138 valence electrons. The summed E-state index contributed by atoms with van der Waals surface area (Å²) in [6.07, 6.45) is 4.29. The topological polar surface area (TPSA) is 45.2 Å². The zero-order valence-corrected chi connectivity index (χ0v) is 15.7. The number of amides is 1. The smallest absolute Gasteiger partial charge is 0.253 e. The van der Waals surface area contributed by atoms with Gasteiger partial charge in [-0.15, -0.1) is 0 Å². The van der Waals surface area contributed by atoms with Gasteiger partial charge in [-0.2, -0.15) is 0 Å². The van der Waals surface area contributed by atoms with Crippen LogP contribution in [0.25, 0.3) is 10.9 Å². The summed E-state index contributed by atoms with van der Waals surface area (Å²) in [6, 6.07) is 18.3. The molecular formula is C23H25N3O. The highest BCUT2D eigenvalue weighted by atomic mass is 16.2. The van der Waals surface area contributed by atoms with E-state index in [0.717, 1.165) is 35.1 Å². The molecule has 1 atom stereocenters. The third-order valence-corrected chi connectivity index (χ3v) is 5.34. The number of rotatable bonds is 4. The zero-order chi connectivity index (χ0) is 18.6. The lowest BCUT2D eigenvalue weighted by Gasteiger charge is -2.23. The molecular weight excluding hydrogens is 334 g/mol. The van der Waals surface area contributed by atoms with Crippen LogP contribution >= 0.6 is 0 Å². The second-order valence-electron chi connectivity index (χ2n) is 7.36. The Morgan fingerprint density at radius 3 is 2.78 bits per heavy atom. The van der Waals surface area contributed by atoms with Crippen LogP contribution in [0.2, 0.25) is 0 Å². The highest BCUT2D eigenvalue weighted by Gasteiger charge is 2.17. The second kappa shape index (κ2) is 7.89. The lowest BCUT2D eigenvalue weighted by atomic mass is 9.91. The molecule has 0 unspecified atom stereocenters. The summed E-state index contributed by atoms with van der Waals surface area (Å²) in [5.41, 5.74) is 4.07. The van der Waals surface area contributed by atoms with Crippen molar-refractivity contribution < 1.29 is 4.79 Å². The van der Waals surface area contributed by atoms with E-state index in [9.17, 15) is 4.79 Å². The first-order chi connectivity index (χ1) is 13.2. The molecule has 0 aliphatic carbocycles. The first kappa shape index (κ1) is 17.7. The van der Waals surface area contributed by atoms with Crippen molar-refractivity contribution in [2.75, 3.05) is 20.1 Å². The average molecular weight is 359 g/mol. The summed E-state index contributed by atoms with van der Waals surface area (Å²) >= 11 is 0. The number of nitrogens with zero attached hydrogens (tertiary/aromatic N) is 2. The van der Waals surface area contributed by atoms with Gasteiger partial charge < -0.3 is 10.2 Å². The van der Waals surface area contributed by atoms with E-state index in [2.05, 4.69) is 28.5 Å². The Hall–Kier alpha value is -2.72. The normalized spacial score (nSPS) is 17.0. The van der Waals surface area contributed by atoms with Gasteiger partial charge in [-0.3, -0.25) is 9.78 Å². The Kier molecular flexibility index (Phi) is 5.16. The number of pyridine rings is 1. The largest absolute Gasteiger partial charge is 0.337 e. The van der Waals surface area contributed by atoms with E-state index < -0.39 is 0 Å². The fraction of sp³-hybridized carbons (Fsp3) is 0.304. The van der Waals surface area contributed by atoms with Gasteiger partial charge in [-0.05, 0) is 60.7 Å². The van der Waals surface area contributed by atoms with Gasteiger partial charge in [0.05, 0.1) is 5.52 Å². The highest BCUT2D eigenvalue weighted by molar-refractivity contribution is 5.94. The maximum Gasteiger partial charge on any atom is 0.253 e. The van der Waals surface area contributed by atoms with E-state index in [0.29, 0.717) is 12.5 Å². The lowest BCUT2D eigenvalue weighted by molar-refractivity contribution is 0.0785. The monoisotopic (exact) mass is 359 g/mol. The Morgan fingerprint density at radius 1 is 1.19 bits per heavy atom. The van der Waals surface area contributed by atoms with Crippen LogP contribution in [0.3, 0.4) is 0 Å². The molecule has 2 aromatic carbocycles. The van der Waals surface area contributed by atoms with Crippen LogP contribution in [0.4, 0.5) is 0 Å².